The van der Waals surface area contributed by atoms with Gasteiger partial charge in [0.2, 0.25) is 0 Å². The van der Waals surface area contributed by atoms with Crippen LogP contribution in [0, 0.1) is 20.8 Å². The normalized spacial score (nSPS) is 15.8. The fraction of sp³-hybridized carbons (Fsp3) is 0.381. The van der Waals surface area contributed by atoms with Crippen LogP contribution in [0.3, 0.4) is 0 Å². The molecule has 25 heavy (non-hydrogen) atoms. The number of rotatable bonds is 3. The van der Waals surface area contributed by atoms with Gasteiger partial charge in [0.1, 0.15) is 5.65 Å². The van der Waals surface area contributed by atoms with Crippen molar-refractivity contribution in [1.82, 2.24) is 19.6 Å². The van der Waals surface area contributed by atoms with Gasteiger partial charge < -0.3 is 5.32 Å². The molecule has 0 atom stereocenters. The second-order valence-corrected chi connectivity index (χ2v) is 7.11. The molecule has 0 unspecified atom stereocenters. The molecular weight excluding hydrogens is 308 g/mol. The molecular formula is C21H26N4. The zero-order chi connectivity index (χ0) is 17.4. The zero-order valence-electron chi connectivity index (χ0n) is 15.3. The van der Waals surface area contributed by atoms with E-state index in [1.54, 1.807) is 0 Å². The number of imidazole rings is 1. The van der Waals surface area contributed by atoms with Crippen LogP contribution < -0.4 is 5.32 Å². The number of hydrogen-bond donors (Lipinski definition) is 1. The zero-order valence-corrected chi connectivity index (χ0v) is 15.3. The Balaban J connectivity index is 1.87. The summed E-state index contributed by atoms with van der Waals surface area (Å²) in [6, 6.07) is 13.0. The Bertz CT molecular complexity index is 904. The minimum Gasteiger partial charge on any atom is -0.314 e. The second-order valence-electron chi connectivity index (χ2n) is 7.11. The van der Waals surface area contributed by atoms with E-state index < -0.39 is 0 Å². The third-order valence-corrected chi connectivity index (χ3v) is 5.15. The summed E-state index contributed by atoms with van der Waals surface area (Å²) in [5.41, 5.74) is 8.56. The van der Waals surface area contributed by atoms with E-state index in [0.717, 1.165) is 44.1 Å². The van der Waals surface area contributed by atoms with E-state index in [2.05, 4.69) is 71.8 Å². The highest BCUT2D eigenvalue weighted by Gasteiger charge is 2.20. The summed E-state index contributed by atoms with van der Waals surface area (Å²) in [4.78, 5) is 7.55. The summed E-state index contributed by atoms with van der Waals surface area (Å²) in [6.45, 7) is 11.7. The van der Waals surface area contributed by atoms with Gasteiger partial charge in [-0.15, -0.1) is 0 Å². The predicted octanol–water partition coefficient (Wildman–Crippen LogP) is 3.33. The molecule has 1 fully saturated rings. The van der Waals surface area contributed by atoms with Gasteiger partial charge in [0.15, 0.2) is 0 Å². The molecule has 1 aliphatic heterocycles. The summed E-state index contributed by atoms with van der Waals surface area (Å²) in [5, 5.41) is 3.44. The number of piperazine rings is 1. The SMILES string of the molecule is Cc1ccc(-c2nc3cccc(C)n3c2CN2CCNCC2)c(C)c1. The van der Waals surface area contributed by atoms with Crippen LogP contribution in [0.2, 0.25) is 0 Å². The van der Waals surface area contributed by atoms with Crippen molar-refractivity contribution in [2.75, 3.05) is 26.2 Å². The van der Waals surface area contributed by atoms with Gasteiger partial charge in [-0.3, -0.25) is 9.30 Å². The summed E-state index contributed by atoms with van der Waals surface area (Å²) in [7, 11) is 0. The number of nitrogens with one attached hydrogen (secondary N) is 1. The van der Waals surface area contributed by atoms with Crippen molar-refractivity contribution in [2.24, 2.45) is 0 Å². The molecule has 1 saturated heterocycles. The van der Waals surface area contributed by atoms with E-state index in [-0.39, 0.29) is 0 Å². The van der Waals surface area contributed by atoms with Crippen molar-refractivity contribution in [3.63, 3.8) is 0 Å². The van der Waals surface area contributed by atoms with Gasteiger partial charge in [-0.05, 0) is 38.5 Å². The van der Waals surface area contributed by atoms with E-state index in [4.69, 9.17) is 4.98 Å². The van der Waals surface area contributed by atoms with Crippen molar-refractivity contribution >= 4 is 5.65 Å². The van der Waals surface area contributed by atoms with Crippen molar-refractivity contribution in [1.29, 1.82) is 0 Å². The molecule has 1 aliphatic rings. The summed E-state index contributed by atoms with van der Waals surface area (Å²) in [5.74, 6) is 0. The van der Waals surface area contributed by atoms with Gasteiger partial charge in [0, 0.05) is 44.0 Å². The number of aromatic nitrogens is 2. The van der Waals surface area contributed by atoms with Crippen molar-refractivity contribution in [2.45, 2.75) is 27.3 Å². The average molecular weight is 334 g/mol. The number of nitrogens with zero attached hydrogens (tertiary/aromatic N) is 3. The molecule has 0 aliphatic carbocycles. The Labute approximate surface area is 149 Å². The van der Waals surface area contributed by atoms with Gasteiger partial charge in [-0.1, -0.05) is 29.8 Å². The lowest BCUT2D eigenvalue weighted by atomic mass is 10.0. The number of fused-ring (bicyclic) bond motifs is 1. The van der Waals surface area contributed by atoms with E-state index in [0.29, 0.717) is 0 Å². The van der Waals surface area contributed by atoms with E-state index in [9.17, 15) is 0 Å². The number of benzene rings is 1. The van der Waals surface area contributed by atoms with Gasteiger partial charge in [0.25, 0.3) is 0 Å². The quantitative estimate of drug-likeness (QED) is 0.797. The Morgan fingerprint density at radius 1 is 1.04 bits per heavy atom. The lowest BCUT2D eigenvalue weighted by Gasteiger charge is -2.27. The van der Waals surface area contributed by atoms with E-state index >= 15 is 0 Å². The molecule has 4 nitrogen and oxygen atoms in total. The van der Waals surface area contributed by atoms with Crippen LogP contribution in [0.4, 0.5) is 0 Å². The van der Waals surface area contributed by atoms with Gasteiger partial charge >= 0.3 is 0 Å². The highest BCUT2D eigenvalue weighted by atomic mass is 15.2. The van der Waals surface area contributed by atoms with Crippen LogP contribution in [-0.2, 0) is 6.54 Å². The van der Waals surface area contributed by atoms with Crippen LogP contribution in [0.5, 0.6) is 0 Å². The first kappa shape index (κ1) is 16.3. The van der Waals surface area contributed by atoms with E-state index in [1.807, 2.05) is 0 Å². The molecule has 2 aromatic heterocycles. The molecule has 1 N–H and O–H groups in total. The maximum Gasteiger partial charge on any atom is 0.137 e. The maximum atomic E-state index is 5.02. The highest BCUT2D eigenvalue weighted by Crippen LogP contribution is 2.29. The standard InChI is InChI=1S/C21H26N4/c1-15-7-8-18(16(2)13-15)21-19(14-24-11-9-22-10-12-24)25-17(3)5-4-6-20(25)23-21/h4-8,13,22H,9-12,14H2,1-3H3. The molecule has 1 aromatic carbocycles. The minimum absolute atomic E-state index is 0.941. The monoisotopic (exact) mass is 334 g/mol. The van der Waals surface area contributed by atoms with Gasteiger partial charge in [-0.25, -0.2) is 4.98 Å². The van der Waals surface area contributed by atoms with Gasteiger partial charge in [0.05, 0.1) is 11.4 Å². The van der Waals surface area contributed by atoms with Crippen LogP contribution in [0.25, 0.3) is 16.9 Å². The first-order valence-corrected chi connectivity index (χ1v) is 9.11. The fourth-order valence-corrected chi connectivity index (χ4v) is 3.85. The molecule has 0 spiro atoms. The summed E-state index contributed by atoms with van der Waals surface area (Å²) in [6.07, 6.45) is 0. The number of hydrogen-bond acceptors (Lipinski definition) is 3. The fourth-order valence-electron chi connectivity index (χ4n) is 3.85. The topological polar surface area (TPSA) is 32.6 Å². The Morgan fingerprint density at radius 2 is 1.84 bits per heavy atom. The lowest BCUT2D eigenvalue weighted by molar-refractivity contribution is 0.230. The number of pyridine rings is 1. The van der Waals surface area contributed by atoms with Crippen molar-refractivity contribution in [3.8, 4) is 11.3 Å². The molecule has 0 radical (unpaired) electrons. The molecule has 3 heterocycles. The van der Waals surface area contributed by atoms with Crippen molar-refractivity contribution < 1.29 is 0 Å². The third-order valence-electron chi connectivity index (χ3n) is 5.15. The smallest absolute Gasteiger partial charge is 0.137 e. The number of aryl methyl sites for hydroxylation is 3. The highest BCUT2D eigenvalue weighted by molar-refractivity contribution is 5.70. The lowest BCUT2D eigenvalue weighted by Crippen LogP contribution is -2.43. The molecule has 0 saturated carbocycles. The van der Waals surface area contributed by atoms with Crippen LogP contribution in [0.1, 0.15) is 22.5 Å². The molecule has 0 amide bonds. The van der Waals surface area contributed by atoms with Gasteiger partial charge in [-0.2, -0.15) is 0 Å². The predicted molar refractivity (Wildman–Crippen MR) is 103 cm³/mol. The van der Waals surface area contributed by atoms with Crippen LogP contribution in [0.15, 0.2) is 36.4 Å². The van der Waals surface area contributed by atoms with Crippen LogP contribution >= 0.6 is 0 Å². The Hall–Kier alpha value is -2.17. The molecule has 3 aromatic rings. The maximum absolute atomic E-state index is 5.02. The largest absolute Gasteiger partial charge is 0.314 e. The molecule has 4 rings (SSSR count). The van der Waals surface area contributed by atoms with Crippen LogP contribution in [-0.4, -0.2) is 40.5 Å². The first-order valence-electron chi connectivity index (χ1n) is 9.11. The molecule has 130 valence electrons. The third kappa shape index (κ3) is 3.08. The second kappa shape index (κ2) is 6.62. The molecule has 0 bridgehead atoms. The Morgan fingerprint density at radius 3 is 2.60 bits per heavy atom. The van der Waals surface area contributed by atoms with E-state index in [1.165, 1.54) is 28.1 Å². The first-order chi connectivity index (χ1) is 12.1. The summed E-state index contributed by atoms with van der Waals surface area (Å²) >= 11 is 0. The average Bonchev–Trinajstić information content (AvgIpc) is 2.95. The van der Waals surface area contributed by atoms with Crippen molar-refractivity contribution in [3.05, 3.63) is 58.9 Å². The molecule has 4 heteroatoms. The Kier molecular flexibility index (Phi) is 4.32. The summed E-state index contributed by atoms with van der Waals surface area (Å²) < 4.78 is 2.33. The minimum atomic E-state index is 0.941.